The van der Waals surface area contributed by atoms with E-state index in [4.69, 9.17) is 13.9 Å². The predicted molar refractivity (Wildman–Crippen MR) is 156 cm³/mol. The number of aromatic nitrogens is 3. The molecule has 11 nitrogen and oxygen atoms in total. The van der Waals surface area contributed by atoms with E-state index in [2.05, 4.69) is 29.8 Å². The van der Waals surface area contributed by atoms with Gasteiger partial charge in [-0.3, -0.25) is 9.36 Å². The maximum absolute atomic E-state index is 14.1. The molecule has 1 aliphatic heterocycles. The van der Waals surface area contributed by atoms with E-state index in [0.29, 0.717) is 41.2 Å². The Labute approximate surface area is 237 Å². The summed E-state index contributed by atoms with van der Waals surface area (Å²) in [6, 6.07) is 9.46. The lowest BCUT2D eigenvalue weighted by Crippen LogP contribution is -2.47. The molecular weight excluding hydrogens is 550 g/mol. The lowest BCUT2D eigenvalue weighted by molar-refractivity contribution is -0.135. The van der Waals surface area contributed by atoms with Gasteiger partial charge in [0.1, 0.15) is 17.2 Å². The number of carbonyl (C=O) groups is 1. The first-order chi connectivity index (χ1) is 19.0. The number of likely N-dealkylation sites (tertiary alicyclic amines) is 1. The Balaban J connectivity index is 1.86. The number of para-hydroxylation sites is 1. The molecule has 218 valence electrons. The van der Waals surface area contributed by atoms with Crippen LogP contribution in [-0.2, 0) is 14.8 Å². The smallest absolute Gasteiger partial charge is 0.246 e. The Kier molecular flexibility index (Phi) is 8.93. The van der Waals surface area contributed by atoms with Gasteiger partial charge < -0.3 is 18.8 Å². The van der Waals surface area contributed by atoms with Crippen LogP contribution in [0.3, 0.4) is 0 Å². The maximum Gasteiger partial charge on any atom is 0.246 e. The summed E-state index contributed by atoms with van der Waals surface area (Å²) < 4.78 is 48.2. The first-order valence-electron chi connectivity index (χ1n) is 13.5. The molecule has 0 N–H and O–H groups in total. The van der Waals surface area contributed by atoms with Crippen molar-refractivity contribution in [3.8, 4) is 28.8 Å². The molecule has 1 atom stereocenters. The molecule has 0 radical (unpaired) electrons. The van der Waals surface area contributed by atoms with Crippen LogP contribution in [0.5, 0.6) is 11.5 Å². The molecule has 1 aliphatic rings. The monoisotopic (exact) mass is 589 g/mol. The number of anilines is 1. The summed E-state index contributed by atoms with van der Waals surface area (Å²) in [5.74, 6) is 1.46. The minimum Gasteiger partial charge on any atom is -0.494 e. The zero-order valence-electron chi connectivity index (χ0n) is 24.1. The molecule has 4 rings (SSSR count). The van der Waals surface area contributed by atoms with Crippen molar-refractivity contribution in [1.29, 1.82) is 0 Å². The molecule has 13 heteroatoms. The lowest BCUT2D eigenvalue weighted by Gasteiger charge is -2.34. The lowest BCUT2D eigenvalue weighted by atomic mass is 10.0. The number of hydrogen-bond acceptors (Lipinski definition) is 8. The van der Waals surface area contributed by atoms with Gasteiger partial charge in [0, 0.05) is 33.6 Å². The molecule has 3 heterocycles. The number of piperidine rings is 1. The number of carbonyl (C=O) groups excluding carboxylic acids is 1. The number of nitrogens with zero attached hydrogens (tertiary/aromatic N) is 5. The molecule has 1 fully saturated rings. The number of rotatable bonds is 12. The van der Waals surface area contributed by atoms with E-state index in [1.165, 1.54) is 24.8 Å². The zero-order chi connectivity index (χ0) is 29.1. The van der Waals surface area contributed by atoms with Crippen LogP contribution < -0.4 is 13.8 Å². The van der Waals surface area contributed by atoms with Gasteiger partial charge in [0.05, 0.1) is 26.2 Å². The van der Waals surface area contributed by atoms with Crippen LogP contribution in [0, 0.1) is 0 Å². The third kappa shape index (κ3) is 6.35. The summed E-state index contributed by atoms with van der Waals surface area (Å²) in [7, 11) is -2.56. The molecule has 2 aromatic heterocycles. The minimum absolute atomic E-state index is 0.000989. The van der Waals surface area contributed by atoms with E-state index in [-0.39, 0.29) is 36.7 Å². The van der Waals surface area contributed by atoms with Crippen molar-refractivity contribution in [3.05, 3.63) is 36.6 Å². The van der Waals surface area contributed by atoms with Crippen molar-refractivity contribution in [2.45, 2.75) is 57.9 Å². The van der Waals surface area contributed by atoms with Crippen LogP contribution in [-0.4, -0.2) is 81.2 Å². The topological polar surface area (TPSA) is 120 Å². The van der Waals surface area contributed by atoms with E-state index in [1.807, 2.05) is 6.92 Å². The summed E-state index contributed by atoms with van der Waals surface area (Å²) in [5, 5.41) is 8.80. The SMILES string of the molecule is COc1cccc(OC)c1-n1c(-c2ccco2)nnc1N(CC[Si](C)(C)C)S(=O)(=O)CCN1C(=O)CCCC1C. The highest BCUT2D eigenvalue weighted by molar-refractivity contribution is 7.92. The number of furan rings is 1. The highest BCUT2D eigenvalue weighted by Crippen LogP contribution is 2.39. The van der Waals surface area contributed by atoms with Gasteiger partial charge in [0.25, 0.3) is 0 Å². The molecule has 0 spiro atoms. The molecule has 3 aromatic rings. The zero-order valence-corrected chi connectivity index (χ0v) is 25.9. The summed E-state index contributed by atoms with van der Waals surface area (Å²) in [6.45, 7) is 8.86. The van der Waals surface area contributed by atoms with Gasteiger partial charge in [-0.05, 0) is 50.1 Å². The molecule has 0 saturated carbocycles. The number of sulfonamides is 1. The van der Waals surface area contributed by atoms with E-state index in [9.17, 15) is 13.2 Å². The maximum atomic E-state index is 14.1. The average molecular weight is 590 g/mol. The fourth-order valence-corrected chi connectivity index (χ4v) is 7.26. The fraction of sp³-hybridized carbons (Fsp3) is 0.519. The second-order valence-electron chi connectivity index (χ2n) is 11.2. The van der Waals surface area contributed by atoms with Crippen molar-refractivity contribution in [2.24, 2.45) is 0 Å². The number of hydrogen-bond donors (Lipinski definition) is 0. The Morgan fingerprint density at radius 1 is 1.10 bits per heavy atom. The molecule has 1 amide bonds. The summed E-state index contributed by atoms with van der Waals surface area (Å²) in [5.41, 5.74) is 0.451. The standard InChI is InChI=1S/C27H39N5O6SSi/c1-20-10-7-14-24(33)30(20)15-18-39(34,35)31(16-19-40(4,5)6)27-29-28-26(23-13-9-17-38-23)32(27)25-21(36-2)11-8-12-22(25)37-3/h8-9,11-13,17,20H,7,10,14-16,18-19H2,1-6H3. The molecule has 1 saturated heterocycles. The van der Waals surface area contributed by atoms with Crippen LogP contribution >= 0.6 is 0 Å². The van der Waals surface area contributed by atoms with Gasteiger partial charge in [-0.25, -0.2) is 12.7 Å². The highest BCUT2D eigenvalue weighted by Gasteiger charge is 2.35. The number of ether oxygens (including phenoxy) is 2. The third-order valence-corrected chi connectivity index (χ3v) is 10.5. The molecule has 1 aromatic carbocycles. The fourth-order valence-electron chi connectivity index (χ4n) is 4.82. The number of amides is 1. The van der Waals surface area contributed by atoms with E-state index < -0.39 is 18.1 Å². The van der Waals surface area contributed by atoms with Crippen molar-refractivity contribution >= 4 is 30.0 Å². The van der Waals surface area contributed by atoms with Crippen LogP contribution in [0.2, 0.25) is 25.7 Å². The van der Waals surface area contributed by atoms with Gasteiger partial charge in [0.2, 0.25) is 27.7 Å². The van der Waals surface area contributed by atoms with Crippen molar-refractivity contribution in [2.75, 3.05) is 37.4 Å². The summed E-state index contributed by atoms with van der Waals surface area (Å²) in [4.78, 5) is 14.3. The average Bonchev–Trinajstić information content (AvgIpc) is 3.57. The van der Waals surface area contributed by atoms with E-state index >= 15 is 0 Å². The van der Waals surface area contributed by atoms with E-state index in [1.54, 1.807) is 39.8 Å². The largest absolute Gasteiger partial charge is 0.494 e. The summed E-state index contributed by atoms with van der Waals surface area (Å²) >= 11 is 0. The van der Waals surface area contributed by atoms with E-state index in [0.717, 1.165) is 12.8 Å². The van der Waals surface area contributed by atoms with Crippen molar-refractivity contribution in [1.82, 2.24) is 19.7 Å². The minimum atomic E-state index is -3.94. The van der Waals surface area contributed by atoms with Crippen LogP contribution in [0.4, 0.5) is 5.95 Å². The molecule has 0 aliphatic carbocycles. The third-order valence-electron chi connectivity index (χ3n) is 7.09. The van der Waals surface area contributed by atoms with Crippen LogP contribution in [0.1, 0.15) is 26.2 Å². The number of methoxy groups -OCH3 is 2. The highest BCUT2D eigenvalue weighted by atomic mass is 32.2. The van der Waals surface area contributed by atoms with Crippen LogP contribution in [0.15, 0.2) is 41.0 Å². The molecule has 0 bridgehead atoms. The van der Waals surface area contributed by atoms with Crippen molar-refractivity contribution < 1.29 is 27.1 Å². The summed E-state index contributed by atoms with van der Waals surface area (Å²) in [6.07, 6.45) is 3.65. The number of benzene rings is 1. The van der Waals surface area contributed by atoms with Crippen LogP contribution in [0.25, 0.3) is 17.3 Å². The van der Waals surface area contributed by atoms with Gasteiger partial charge in [0.15, 0.2) is 5.76 Å². The van der Waals surface area contributed by atoms with Crippen molar-refractivity contribution in [3.63, 3.8) is 0 Å². The van der Waals surface area contributed by atoms with Gasteiger partial charge in [-0.15, -0.1) is 10.2 Å². The predicted octanol–water partition coefficient (Wildman–Crippen LogP) is 4.42. The molecule has 40 heavy (non-hydrogen) atoms. The Hall–Kier alpha value is -3.32. The quantitative estimate of drug-likeness (QED) is 0.285. The van der Waals surface area contributed by atoms with Gasteiger partial charge in [-0.2, -0.15) is 0 Å². The first kappa shape index (κ1) is 29.7. The Morgan fingerprint density at radius 3 is 2.38 bits per heavy atom. The normalized spacial score (nSPS) is 16.3. The Morgan fingerprint density at radius 2 is 1.80 bits per heavy atom. The van der Waals surface area contributed by atoms with Gasteiger partial charge >= 0.3 is 0 Å². The van der Waals surface area contributed by atoms with Gasteiger partial charge in [-0.1, -0.05) is 25.7 Å². The first-order valence-corrected chi connectivity index (χ1v) is 18.8. The molecule has 1 unspecified atom stereocenters. The second-order valence-corrected chi connectivity index (χ2v) is 18.8. The second kappa shape index (κ2) is 12.0. The molecular formula is C27H39N5O6SSi. The Bertz CT molecular complexity index is 1400.